The Morgan fingerprint density at radius 3 is 2.09 bits per heavy atom. The largest absolute Gasteiger partial charge is 0.508 e. The van der Waals surface area contributed by atoms with E-state index in [0.717, 1.165) is 0 Å². The van der Waals surface area contributed by atoms with E-state index in [1.807, 2.05) is 6.26 Å². The minimum atomic E-state index is -1.24. The summed E-state index contributed by atoms with van der Waals surface area (Å²) in [6.07, 6.45) is 2.08. The first-order valence-electron chi connectivity index (χ1n) is 9.86. The van der Waals surface area contributed by atoms with E-state index in [1.54, 1.807) is 12.1 Å². The van der Waals surface area contributed by atoms with Gasteiger partial charge in [-0.05, 0) is 43.0 Å². The maximum absolute atomic E-state index is 13.0. The molecule has 0 heterocycles. The summed E-state index contributed by atoms with van der Waals surface area (Å²) in [6, 6.07) is 1.44. The van der Waals surface area contributed by atoms with E-state index in [9.17, 15) is 24.3 Å². The number of aliphatic carboxylic acids is 1. The Morgan fingerprint density at radius 2 is 1.56 bits per heavy atom. The standard InChI is InChI=1S/C20H30N4O7S/c1-11(20(30)31)22-18(28)15(7-8-32-2)23-19(29)16(24-17(27)14(21)10-25)9-12-3-5-13(26)6-4-12/h3-6,11,14-16,25-26H,7-10,21H2,1-2H3,(H,22,28)(H,23,29)(H,24,27)(H,30,31). The molecule has 0 aliphatic rings. The van der Waals surface area contributed by atoms with Crippen LogP contribution in [-0.2, 0) is 25.6 Å². The van der Waals surface area contributed by atoms with Gasteiger partial charge in [0.05, 0.1) is 6.61 Å². The Morgan fingerprint density at radius 1 is 1.00 bits per heavy atom. The van der Waals surface area contributed by atoms with E-state index in [2.05, 4.69) is 16.0 Å². The fourth-order valence-electron chi connectivity index (χ4n) is 2.59. The third-order valence-corrected chi connectivity index (χ3v) is 5.16. The number of carboxylic acid groups (broad SMARTS) is 1. The number of hydrogen-bond donors (Lipinski definition) is 7. The van der Waals surface area contributed by atoms with Gasteiger partial charge in [0.15, 0.2) is 0 Å². The summed E-state index contributed by atoms with van der Waals surface area (Å²) >= 11 is 1.44. The second-order valence-corrected chi connectivity index (χ2v) is 8.12. The van der Waals surface area contributed by atoms with Crippen molar-refractivity contribution in [1.82, 2.24) is 16.0 Å². The van der Waals surface area contributed by atoms with Crippen molar-refractivity contribution in [2.45, 2.75) is 43.9 Å². The van der Waals surface area contributed by atoms with Crippen molar-refractivity contribution >= 4 is 35.5 Å². The van der Waals surface area contributed by atoms with Crippen molar-refractivity contribution in [3.8, 4) is 5.75 Å². The minimum absolute atomic E-state index is 0.0262. The molecule has 4 unspecified atom stereocenters. The number of carboxylic acids is 1. The Bertz CT molecular complexity index is 791. The molecule has 3 amide bonds. The second-order valence-electron chi connectivity index (χ2n) is 7.13. The zero-order chi connectivity index (χ0) is 24.3. The van der Waals surface area contributed by atoms with Crippen LogP contribution in [0, 0.1) is 0 Å². The Kier molecular flexibility index (Phi) is 11.5. The van der Waals surface area contributed by atoms with E-state index in [4.69, 9.17) is 15.9 Å². The number of carbonyl (C=O) groups excluding carboxylic acids is 3. The molecule has 4 atom stereocenters. The number of nitrogens with one attached hydrogen (secondary N) is 3. The molecule has 8 N–H and O–H groups in total. The van der Waals surface area contributed by atoms with Crippen LogP contribution in [0.15, 0.2) is 24.3 Å². The first-order chi connectivity index (χ1) is 15.1. The fourth-order valence-corrected chi connectivity index (χ4v) is 3.06. The summed E-state index contributed by atoms with van der Waals surface area (Å²) in [4.78, 5) is 48.7. The number of aliphatic hydroxyl groups is 1. The number of aliphatic hydroxyl groups excluding tert-OH is 1. The maximum Gasteiger partial charge on any atom is 0.325 e. The number of nitrogens with two attached hydrogens (primary N) is 1. The molecule has 0 aromatic heterocycles. The lowest BCUT2D eigenvalue weighted by molar-refractivity contribution is -0.141. The van der Waals surface area contributed by atoms with Gasteiger partial charge in [-0.2, -0.15) is 11.8 Å². The molecule has 0 fully saturated rings. The normalized spacial score (nSPS) is 14.5. The van der Waals surface area contributed by atoms with Crippen LogP contribution in [0.25, 0.3) is 0 Å². The van der Waals surface area contributed by atoms with Gasteiger partial charge in [-0.3, -0.25) is 19.2 Å². The number of amides is 3. The van der Waals surface area contributed by atoms with Gasteiger partial charge in [-0.1, -0.05) is 12.1 Å². The molecular weight excluding hydrogens is 440 g/mol. The smallest absolute Gasteiger partial charge is 0.325 e. The monoisotopic (exact) mass is 470 g/mol. The topological polar surface area (TPSA) is 191 Å². The highest BCUT2D eigenvalue weighted by molar-refractivity contribution is 7.98. The lowest BCUT2D eigenvalue weighted by Crippen LogP contribution is -2.57. The summed E-state index contributed by atoms with van der Waals surface area (Å²) < 4.78 is 0. The average molecular weight is 471 g/mol. The number of thioether (sulfide) groups is 1. The van der Waals surface area contributed by atoms with Crippen LogP contribution < -0.4 is 21.7 Å². The van der Waals surface area contributed by atoms with Crippen LogP contribution in [-0.4, -0.2) is 81.8 Å². The molecule has 178 valence electrons. The number of aromatic hydroxyl groups is 1. The molecule has 0 saturated carbocycles. The van der Waals surface area contributed by atoms with Crippen molar-refractivity contribution in [1.29, 1.82) is 0 Å². The number of carbonyl (C=O) groups is 4. The Balaban J connectivity index is 3.03. The first-order valence-corrected chi connectivity index (χ1v) is 11.3. The van der Waals surface area contributed by atoms with Gasteiger partial charge >= 0.3 is 5.97 Å². The van der Waals surface area contributed by atoms with Crippen molar-refractivity contribution in [2.75, 3.05) is 18.6 Å². The summed E-state index contributed by atoms with van der Waals surface area (Å²) in [5.74, 6) is -2.77. The number of hydrogen-bond acceptors (Lipinski definition) is 8. The van der Waals surface area contributed by atoms with Crippen LogP contribution in [0.4, 0.5) is 0 Å². The Labute approximate surface area is 190 Å². The molecule has 0 bridgehead atoms. The zero-order valence-corrected chi connectivity index (χ0v) is 18.7. The molecule has 0 spiro atoms. The van der Waals surface area contributed by atoms with Crippen LogP contribution in [0.5, 0.6) is 5.75 Å². The quantitative estimate of drug-likeness (QED) is 0.181. The first kappa shape index (κ1) is 27.2. The van der Waals surface area contributed by atoms with Crippen LogP contribution in [0.1, 0.15) is 18.9 Å². The number of rotatable bonds is 13. The van der Waals surface area contributed by atoms with Gasteiger partial charge in [0.2, 0.25) is 17.7 Å². The minimum Gasteiger partial charge on any atom is -0.508 e. The van der Waals surface area contributed by atoms with Crippen molar-refractivity contribution in [3.05, 3.63) is 29.8 Å². The number of phenolic OH excluding ortho intramolecular Hbond substituents is 1. The molecule has 0 aliphatic heterocycles. The number of benzene rings is 1. The molecular formula is C20H30N4O7S. The van der Waals surface area contributed by atoms with Gasteiger partial charge in [0.1, 0.15) is 29.9 Å². The summed E-state index contributed by atoms with van der Waals surface area (Å²) in [5, 5.41) is 34.9. The predicted octanol–water partition coefficient (Wildman–Crippen LogP) is -1.43. The summed E-state index contributed by atoms with van der Waals surface area (Å²) in [6.45, 7) is 0.684. The molecule has 12 heteroatoms. The van der Waals surface area contributed by atoms with E-state index in [1.165, 1.54) is 30.8 Å². The molecule has 1 rings (SSSR count). The molecule has 1 aromatic rings. The van der Waals surface area contributed by atoms with E-state index in [-0.39, 0.29) is 18.6 Å². The molecule has 0 saturated heterocycles. The van der Waals surface area contributed by atoms with Gasteiger partial charge in [-0.15, -0.1) is 0 Å². The zero-order valence-electron chi connectivity index (χ0n) is 17.9. The Hall–Kier alpha value is -2.83. The van der Waals surface area contributed by atoms with Gasteiger partial charge in [0, 0.05) is 6.42 Å². The van der Waals surface area contributed by atoms with Crippen molar-refractivity contribution < 1.29 is 34.5 Å². The summed E-state index contributed by atoms with van der Waals surface area (Å²) in [5.41, 5.74) is 6.14. The third-order valence-electron chi connectivity index (χ3n) is 4.52. The maximum atomic E-state index is 13.0. The highest BCUT2D eigenvalue weighted by atomic mass is 32.2. The van der Waals surface area contributed by atoms with E-state index in [0.29, 0.717) is 11.3 Å². The molecule has 1 aromatic carbocycles. The van der Waals surface area contributed by atoms with Gasteiger partial charge in [-0.25, -0.2) is 0 Å². The highest BCUT2D eigenvalue weighted by Crippen LogP contribution is 2.12. The van der Waals surface area contributed by atoms with Gasteiger partial charge in [0.25, 0.3) is 0 Å². The highest BCUT2D eigenvalue weighted by Gasteiger charge is 2.29. The second kappa shape index (κ2) is 13.6. The molecule has 11 nitrogen and oxygen atoms in total. The lowest BCUT2D eigenvalue weighted by atomic mass is 10.0. The van der Waals surface area contributed by atoms with Crippen molar-refractivity contribution in [3.63, 3.8) is 0 Å². The fraction of sp³-hybridized carbons (Fsp3) is 0.500. The van der Waals surface area contributed by atoms with E-state index < -0.39 is 54.5 Å². The molecule has 0 aliphatic carbocycles. The van der Waals surface area contributed by atoms with Crippen LogP contribution in [0.3, 0.4) is 0 Å². The predicted molar refractivity (Wildman–Crippen MR) is 119 cm³/mol. The lowest BCUT2D eigenvalue weighted by Gasteiger charge is -2.24. The summed E-state index contributed by atoms with van der Waals surface area (Å²) in [7, 11) is 0. The number of phenols is 1. The van der Waals surface area contributed by atoms with Crippen molar-refractivity contribution in [2.24, 2.45) is 5.73 Å². The average Bonchev–Trinajstić information content (AvgIpc) is 2.76. The van der Waals surface area contributed by atoms with Gasteiger partial charge < -0.3 is 37.0 Å². The molecule has 0 radical (unpaired) electrons. The SMILES string of the molecule is CSCCC(NC(=O)C(Cc1ccc(O)cc1)NC(=O)C(N)CO)C(=O)NC(C)C(=O)O. The van der Waals surface area contributed by atoms with Crippen LogP contribution >= 0.6 is 11.8 Å². The molecule has 32 heavy (non-hydrogen) atoms. The van der Waals surface area contributed by atoms with Crippen LogP contribution in [0.2, 0.25) is 0 Å². The third kappa shape index (κ3) is 9.12. The van der Waals surface area contributed by atoms with E-state index >= 15 is 0 Å².